The van der Waals surface area contributed by atoms with E-state index in [4.69, 9.17) is 0 Å². The molecule has 3 aromatic carbocycles. The molecule has 4 rings (SSSR count). The Kier molecular flexibility index (Phi) is 7.45. The smallest absolute Gasteiger partial charge is 0.264 e. The number of sulfonamides is 1. The van der Waals surface area contributed by atoms with E-state index in [0.29, 0.717) is 12.2 Å². The zero-order valence-electron chi connectivity index (χ0n) is 20.6. The van der Waals surface area contributed by atoms with Gasteiger partial charge in [-0.1, -0.05) is 35.9 Å². The molecule has 0 aliphatic carbocycles. The van der Waals surface area contributed by atoms with Gasteiger partial charge in [0, 0.05) is 25.3 Å². The molecule has 1 saturated heterocycles. The Bertz CT molecular complexity index is 1260. The van der Waals surface area contributed by atoms with Crippen LogP contribution in [0.3, 0.4) is 0 Å². The highest BCUT2D eigenvalue weighted by Gasteiger charge is 2.27. The molecule has 1 heterocycles. The summed E-state index contributed by atoms with van der Waals surface area (Å²) in [5.74, 6) is -0.358. The van der Waals surface area contributed by atoms with Crippen molar-refractivity contribution < 1.29 is 13.2 Å². The highest BCUT2D eigenvalue weighted by molar-refractivity contribution is 7.92. The third-order valence-corrected chi connectivity index (χ3v) is 8.08. The minimum Gasteiger partial charge on any atom is -0.372 e. The molecule has 0 aromatic heterocycles. The summed E-state index contributed by atoms with van der Waals surface area (Å²) in [5, 5.41) is 2.89. The van der Waals surface area contributed by atoms with Crippen LogP contribution in [0.25, 0.3) is 0 Å². The molecule has 1 aliphatic rings. The number of nitrogens with one attached hydrogen (secondary N) is 1. The Balaban J connectivity index is 1.51. The molecule has 1 aliphatic heterocycles. The van der Waals surface area contributed by atoms with Gasteiger partial charge in [-0.15, -0.1) is 0 Å². The minimum absolute atomic E-state index is 0.160. The molecule has 35 heavy (non-hydrogen) atoms. The van der Waals surface area contributed by atoms with Crippen molar-refractivity contribution in [1.82, 2.24) is 5.32 Å². The van der Waals surface area contributed by atoms with Crippen LogP contribution in [0.15, 0.2) is 71.6 Å². The monoisotopic (exact) mass is 491 g/mol. The Morgan fingerprint density at radius 2 is 1.46 bits per heavy atom. The van der Waals surface area contributed by atoms with Crippen LogP contribution in [-0.2, 0) is 21.4 Å². The topological polar surface area (TPSA) is 69.7 Å². The van der Waals surface area contributed by atoms with Gasteiger partial charge in [-0.3, -0.25) is 9.10 Å². The maximum Gasteiger partial charge on any atom is 0.264 e. The zero-order valence-corrected chi connectivity index (χ0v) is 21.4. The van der Waals surface area contributed by atoms with Gasteiger partial charge in [0.15, 0.2) is 0 Å². The highest BCUT2D eigenvalue weighted by Crippen LogP contribution is 2.26. The third-order valence-electron chi connectivity index (χ3n) is 6.29. The summed E-state index contributed by atoms with van der Waals surface area (Å²) in [5.41, 5.74) is 5.48. The average Bonchev–Trinajstić information content (AvgIpc) is 3.36. The molecule has 0 spiro atoms. The SMILES string of the molecule is Cc1ccc(S(=O)(=O)N(CC(=O)NCc2ccc(N3CCCC3)cc2)c2cc(C)cc(C)c2)cc1. The fourth-order valence-electron chi connectivity index (χ4n) is 4.43. The molecule has 1 fully saturated rings. The maximum absolute atomic E-state index is 13.6. The van der Waals surface area contributed by atoms with Gasteiger partial charge in [0.1, 0.15) is 6.54 Å². The molecule has 0 saturated carbocycles. The predicted molar refractivity (Wildman–Crippen MR) is 141 cm³/mol. The molecule has 6 nitrogen and oxygen atoms in total. The van der Waals surface area contributed by atoms with E-state index in [2.05, 4.69) is 22.3 Å². The summed E-state index contributed by atoms with van der Waals surface area (Å²) in [6.07, 6.45) is 2.44. The van der Waals surface area contributed by atoms with Gasteiger partial charge in [-0.05, 0) is 86.7 Å². The second kappa shape index (κ2) is 10.5. The number of rotatable bonds is 8. The van der Waals surface area contributed by atoms with E-state index in [1.165, 1.54) is 22.8 Å². The summed E-state index contributed by atoms with van der Waals surface area (Å²) < 4.78 is 28.4. The second-order valence-corrected chi connectivity index (χ2v) is 11.2. The zero-order chi connectivity index (χ0) is 25.0. The summed E-state index contributed by atoms with van der Waals surface area (Å²) in [7, 11) is -3.93. The lowest BCUT2D eigenvalue weighted by atomic mass is 10.1. The predicted octanol–water partition coefficient (Wildman–Crippen LogP) is 4.72. The molecule has 0 unspecified atom stereocenters. The standard InChI is InChI=1S/C28H33N3O3S/c1-21-6-12-27(13-7-21)35(33,34)31(26-17-22(2)16-23(3)18-26)20-28(32)29-19-24-8-10-25(11-9-24)30-14-4-5-15-30/h6-13,16-18H,4-5,14-15,19-20H2,1-3H3,(H,29,32). The van der Waals surface area contributed by atoms with Crippen LogP contribution in [-0.4, -0.2) is 34.0 Å². The number of hydrogen-bond donors (Lipinski definition) is 1. The molecule has 1 amide bonds. The molecule has 0 radical (unpaired) electrons. The van der Waals surface area contributed by atoms with Crippen molar-refractivity contribution in [2.45, 2.75) is 45.1 Å². The Morgan fingerprint density at radius 1 is 0.857 bits per heavy atom. The van der Waals surface area contributed by atoms with Gasteiger partial charge >= 0.3 is 0 Å². The molecule has 3 aromatic rings. The van der Waals surface area contributed by atoms with E-state index >= 15 is 0 Å². The van der Waals surface area contributed by atoms with Gasteiger partial charge in [0.05, 0.1) is 10.6 Å². The van der Waals surface area contributed by atoms with Gasteiger partial charge in [0.25, 0.3) is 10.0 Å². The van der Waals surface area contributed by atoms with Gasteiger partial charge in [0.2, 0.25) is 5.91 Å². The Morgan fingerprint density at radius 3 is 2.06 bits per heavy atom. The van der Waals surface area contributed by atoms with Crippen molar-refractivity contribution >= 4 is 27.3 Å². The fourth-order valence-corrected chi connectivity index (χ4v) is 5.84. The van der Waals surface area contributed by atoms with Crippen LogP contribution in [0.2, 0.25) is 0 Å². The third kappa shape index (κ3) is 6.03. The van der Waals surface area contributed by atoms with Crippen LogP contribution in [0.1, 0.15) is 35.1 Å². The Labute approximate surface area is 208 Å². The number of hydrogen-bond acceptors (Lipinski definition) is 4. The molecule has 0 atom stereocenters. The summed E-state index contributed by atoms with van der Waals surface area (Å²) in [6.45, 7) is 7.94. The molecule has 7 heteroatoms. The van der Waals surface area contributed by atoms with Gasteiger partial charge in [-0.2, -0.15) is 0 Å². The van der Waals surface area contributed by atoms with E-state index in [9.17, 15) is 13.2 Å². The largest absolute Gasteiger partial charge is 0.372 e. The molecule has 0 bridgehead atoms. The van der Waals surface area contributed by atoms with E-state index < -0.39 is 10.0 Å². The minimum atomic E-state index is -3.93. The fraction of sp³-hybridized carbons (Fsp3) is 0.321. The summed E-state index contributed by atoms with van der Waals surface area (Å²) in [4.78, 5) is 15.5. The van der Waals surface area contributed by atoms with Crippen molar-refractivity contribution in [3.8, 4) is 0 Å². The number of nitrogens with zero attached hydrogens (tertiary/aromatic N) is 2. The number of aryl methyl sites for hydroxylation is 3. The molecule has 184 valence electrons. The number of carbonyl (C=O) groups is 1. The van der Waals surface area contributed by atoms with E-state index in [0.717, 1.165) is 35.3 Å². The van der Waals surface area contributed by atoms with Crippen molar-refractivity contribution in [1.29, 1.82) is 0 Å². The molecular weight excluding hydrogens is 458 g/mol. The van der Waals surface area contributed by atoms with E-state index in [-0.39, 0.29) is 17.3 Å². The van der Waals surface area contributed by atoms with Crippen molar-refractivity contribution in [2.75, 3.05) is 28.8 Å². The van der Waals surface area contributed by atoms with Crippen LogP contribution in [0.5, 0.6) is 0 Å². The van der Waals surface area contributed by atoms with Crippen LogP contribution >= 0.6 is 0 Å². The number of benzene rings is 3. The molecule has 1 N–H and O–H groups in total. The first kappa shape index (κ1) is 24.8. The number of carbonyl (C=O) groups excluding carboxylic acids is 1. The molecular formula is C28H33N3O3S. The number of amides is 1. The van der Waals surface area contributed by atoms with E-state index in [1.807, 2.05) is 39.0 Å². The Hall–Kier alpha value is -3.32. The lowest BCUT2D eigenvalue weighted by Gasteiger charge is -2.25. The lowest BCUT2D eigenvalue weighted by Crippen LogP contribution is -2.40. The van der Waals surface area contributed by atoms with Crippen LogP contribution in [0, 0.1) is 20.8 Å². The lowest BCUT2D eigenvalue weighted by molar-refractivity contribution is -0.119. The highest BCUT2D eigenvalue weighted by atomic mass is 32.2. The quantitative estimate of drug-likeness (QED) is 0.495. The first-order chi connectivity index (χ1) is 16.7. The first-order valence-corrected chi connectivity index (χ1v) is 13.4. The summed E-state index contributed by atoms with van der Waals surface area (Å²) in [6, 6.07) is 20.4. The second-order valence-electron chi connectivity index (χ2n) is 9.31. The van der Waals surface area contributed by atoms with Crippen LogP contribution < -0.4 is 14.5 Å². The van der Waals surface area contributed by atoms with Crippen molar-refractivity contribution in [3.05, 3.63) is 89.0 Å². The van der Waals surface area contributed by atoms with Gasteiger partial charge in [-0.25, -0.2) is 8.42 Å². The van der Waals surface area contributed by atoms with Gasteiger partial charge < -0.3 is 10.2 Å². The van der Waals surface area contributed by atoms with E-state index in [1.54, 1.807) is 36.4 Å². The first-order valence-electron chi connectivity index (χ1n) is 12.0. The maximum atomic E-state index is 13.6. The number of anilines is 2. The average molecular weight is 492 g/mol. The normalized spacial score (nSPS) is 13.6. The van der Waals surface area contributed by atoms with Crippen molar-refractivity contribution in [2.24, 2.45) is 0 Å². The summed E-state index contributed by atoms with van der Waals surface area (Å²) >= 11 is 0. The van der Waals surface area contributed by atoms with Crippen molar-refractivity contribution in [3.63, 3.8) is 0 Å². The van der Waals surface area contributed by atoms with Crippen LogP contribution in [0.4, 0.5) is 11.4 Å².